The molecule has 1 amide bonds. The fourth-order valence-electron chi connectivity index (χ4n) is 5.37. The zero-order valence-corrected chi connectivity index (χ0v) is 18.9. The Hall–Kier alpha value is -2.26. The Morgan fingerprint density at radius 1 is 1.21 bits per heavy atom. The van der Waals surface area contributed by atoms with E-state index in [1.165, 1.54) is 0 Å². The Labute approximate surface area is 191 Å². The highest BCUT2D eigenvalue weighted by atomic mass is 19.4. The highest BCUT2D eigenvalue weighted by Gasteiger charge is 2.43. The molecule has 1 saturated carbocycles. The lowest BCUT2D eigenvalue weighted by Gasteiger charge is -2.20. The van der Waals surface area contributed by atoms with Crippen LogP contribution in [0.1, 0.15) is 32.1 Å². The Kier molecular flexibility index (Phi) is 7.48. The van der Waals surface area contributed by atoms with Crippen LogP contribution in [0.2, 0.25) is 0 Å². The zero-order chi connectivity index (χ0) is 23.4. The number of alkyl halides is 3. The van der Waals surface area contributed by atoms with E-state index in [0.717, 1.165) is 41.6 Å². The first kappa shape index (κ1) is 23.9. The zero-order valence-electron chi connectivity index (χ0n) is 18.9. The average molecular weight is 468 g/mol. The van der Waals surface area contributed by atoms with Crippen LogP contribution in [0, 0.1) is 17.8 Å². The molecule has 1 saturated heterocycles. The molecule has 2 fully saturated rings. The number of hydrogen-bond acceptors (Lipinski definition) is 4. The minimum atomic E-state index is -4.11. The molecule has 1 aromatic carbocycles. The van der Waals surface area contributed by atoms with Crippen LogP contribution < -0.4 is 10.1 Å². The van der Waals surface area contributed by atoms with Crippen molar-refractivity contribution in [2.24, 2.45) is 17.8 Å². The maximum absolute atomic E-state index is 12.6. The third kappa shape index (κ3) is 6.41. The summed E-state index contributed by atoms with van der Waals surface area (Å²) in [7, 11) is 1.61. The predicted molar refractivity (Wildman–Crippen MR) is 120 cm³/mol. The number of carbonyl (C=O) groups excluding carboxylic acids is 1. The molecule has 1 aliphatic carbocycles. The first-order chi connectivity index (χ1) is 15.8. The Morgan fingerprint density at radius 2 is 1.97 bits per heavy atom. The first-order valence-corrected chi connectivity index (χ1v) is 11.6. The summed E-state index contributed by atoms with van der Waals surface area (Å²) in [4.78, 5) is 16.9. The van der Waals surface area contributed by atoms with Gasteiger partial charge in [0.15, 0.2) is 0 Å². The number of halogens is 3. The van der Waals surface area contributed by atoms with Gasteiger partial charge in [-0.3, -0.25) is 9.69 Å². The number of aromatic amines is 1. The summed E-state index contributed by atoms with van der Waals surface area (Å²) in [5, 5.41) is 3.83. The van der Waals surface area contributed by atoms with Gasteiger partial charge in [0.05, 0.1) is 18.8 Å². The standard InChI is InChI=1S/C24H32F3N3O3/c1-32-7-2-3-23(31)29-22-12-28-21-5-4-19(11-20(21)22)33-8-6-16-9-17-13-30(14-18(17)10-16)15-24(25,26)27/h4-5,11-12,16-18,28H,2-3,6-10,13-15H2,1H3,(H,29,31)/t16?,17-,18+. The van der Waals surface area contributed by atoms with Crippen molar-refractivity contribution in [3.05, 3.63) is 24.4 Å². The SMILES string of the molecule is COCCCC(=O)Nc1c[nH]c2ccc(OCCC3C[C@@H]4CN(CC(F)(F)F)C[C@@H]4C3)cc12. The number of H-pyrrole nitrogens is 1. The fraction of sp³-hybridized carbons (Fsp3) is 0.625. The molecule has 1 unspecified atom stereocenters. The van der Waals surface area contributed by atoms with Crippen LogP contribution in [-0.2, 0) is 9.53 Å². The number of anilines is 1. The molecule has 2 N–H and O–H groups in total. The van der Waals surface area contributed by atoms with Crippen molar-refractivity contribution in [1.82, 2.24) is 9.88 Å². The summed E-state index contributed by atoms with van der Waals surface area (Å²) in [6.45, 7) is 1.46. The molecule has 0 radical (unpaired) electrons. The van der Waals surface area contributed by atoms with E-state index in [2.05, 4.69) is 10.3 Å². The molecule has 2 aliphatic rings. The van der Waals surface area contributed by atoms with Crippen molar-refractivity contribution in [2.45, 2.75) is 38.3 Å². The maximum atomic E-state index is 12.6. The monoisotopic (exact) mass is 467 g/mol. The Morgan fingerprint density at radius 3 is 2.67 bits per heavy atom. The predicted octanol–water partition coefficient (Wildman–Crippen LogP) is 4.82. The quantitative estimate of drug-likeness (QED) is 0.492. The average Bonchev–Trinajstić information content (AvgIpc) is 3.40. The van der Waals surface area contributed by atoms with E-state index in [1.807, 2.05) is 18.2 Å². The maximum Gasteiger partial charge on any atom is 0.401 e. The van der Waals surface area contributed by atoms with Crippen LogP contribution >= 0.6 is 0 Å². The Balaban J connectivity index is 1.24. The molecule has 3 atom stereocenters. The number of methoxy groups -OCH3 is 1. The minimum Gasteiger partial charge on any atom is -0.494 e. The number of nitrogens with zero attached hydrogens (tertiary/aromatic N) is 1. The highest BCUT2D eigenvalue weighted by molar-refractivity contribution is 6.02. The summed E-state index contributed by atoms with van der Waals surface area (Å²) in [6.07, 6.45) is 1.61. The largest absolute Gasteiger partial charge is 0.494 e. The van der Waals surface area contributed by atoms with Crippen LogP contribution in [-0.4, -0.2) is 61.9 Å². The van der Waals surface area contributed by atoms with E-state index in [4.69, 9.17) is 9.47 Å². The second kappa shape index (κ2) is 10.3. The molecule has 0 bridgehead atoms. The van der Waals surface area contributed by atoms with Crippen molar-refractivity contribution in [2.75, 3.05) is 45.3 Å². The lowest BCUT2D eigenvalue weighted by molar-refractivity contribution is -0.144. The van der Waals surface area contributed by atoms with Crippen molar-refractivity contribution >= 4 is 22.5 Å². The van der Waals surface area contributed by atoms with Crippen LogP contribution in [0.15, 0.2) is 24.4 Å². The summed E-state index contributed by atoms with van der Waals surface area (Å²) in [6, 6.07) is 5.76. The van der Waals surface area contributed by atoms with Crippen molar-refractivity contribution in [1.29, 1.82) is 0 Å². The summed E-state index contributed by atoms with van der Waals surface area (Å²) < 4.78 is 48.9. The van der Waals surface area contributed by atoms with Crippen LogP contribution in [0.5, 0.6) is 5.75 Å². The van der Waals surface area contributed by atoms with Gasteiger partial charge >= 0.3 is 6.18 Å². The highest BCUT2D eigenvalue weighted by Crippen LogP contribution is 2.43. The van der Waals surface area contributed by atoms with Gasteiger partial charge in [0.25, 0.3) is 0 Å². The molecule has 0 spiro atoms. The molecular weight excluding hydrogens is 435 g/mol. The molecule has 1 aliphatic heterocycles. The number of benzene rings is 1. The van der Waals surface area contributed by atoms with Crippen LogP contribution in [0.3, 0.4) is 0 Å². The van der Waals surface area contributed by atoms with E-state index in [1.54, 1.807) is 18.2 Å². The summed E-state index contributed by atoms with van der Waals surface area (Å²) in [5.74, 6) is 1.95. The Bertz CT molecular complexity index is 932. The second-order valence-corrected chi connectivity index (χ2v) is 9.36. The number of amides is 1. The summed E-state index contributed by atoms with van der Waals surface area (Å²) in [5.41, 5.74) is 1.64. The van der Waals surface area contributed by atoms with Gasteiger partial charge in [0.1, 0.15) is 5.75 Å². The van der Waals surface area contributed by atoms with E-state index in [0.29, 0.717) is 56.9 Å². The molecule has 9 heteroatoms. The molecule has 2 aromatic rings. The lowest BCUT2D eigenvalue weighted by Crippen LogP contribution is -2.33. The number of aromatic nitrogens is 1. The normalized spacial score (nSPS) is 23.2. The number of rotatable bonds is 10. The van der Waals surface area contributed by atoms with Crippen molar-refractivity contribution < 1.29 is 27.4 Å². The van der Waals surface area contributed by atoms with Gasteiger partial charge in [-0.25, -0.2) is 0 Å². The molecule has 1 aromatic heterocycles. The van der Waals surface area contributed by atoms with E-state index in [9.17, 15) is 18.0 Å². The molecule has 33 heavy (non-hydrogen) atoms. The smallest absolute Gasteiger partial charge is 0.401 e. The number of carbonyl (C=O) groups is 1. The number of nitrogens with one attached hydrogen (secondary N) is 2. The number of ether oxygens (including phenoxy) is 2. The summed E-state index contributed by atoms with van der Waals surface area (Å²) >= 11 is 0. The van der Waals surface area contributed by atoms with E-state index >= 15 is 0 Å². The van der Waals surface area contributed by atoms with Crippen LogP contribution in [0.4, 0.5) is 18.9 Å². The van der Waals surface area contributed by atoms with Gasteiger partial charge in [0.2, 0.25) is 5.91 Å². The van der Waals surface area contributed by atoms with Gasteiger partial charge in [-0.05, 0) is 61.6 Å². The van der Waals surface area contributed by atoms with Gasteiger partial charge < -0.3 is 19.8 Å². The number of fused-ring (bicyclic) bond motifs is 2. The van der Waals surface area contributed by atoms with E-state index < -0.39 is 12.7 Å². The minimum absolute atomic E-state index is 0.0557. The fourth-order valence-corrected chi connectivity index (χ4v) is 5.37. The first-order valence-electron chi connectivity index (χ1n) is 11.6. The molecule has 6 nitrogen and oxygen atoms in total. The van der Waals surface area contributed by atoms with E-state index in [-0.39, 0.29) is 5.91 Å². The van der Waals surface area contributed by atoms with Crippen LogP contribution in [0.25, 0.3) is 10.9 Å². The van der Waals surface area contributed by atoms with Gasteiger partial charge in [-0.2, -0.15) is 13.2 Å². The van der Waals surface area contributed by atoms with Crippen molar-refractivity contribution in [3.8, 4) is 5.75 Å². The number of hydrogen-bond donors (Lipinski definition) is 2. The van der Waals surface area contributed by atoms with Gasteiger partial charge in [-0.15, -0.1) is 0 Å². The third-order valence-corrected chi connectivity index (χ3v) is 6.80. The second-order valence-electron chi connectivity index (χ2n) is 9.36. The third-order valence-electron chi connectivity index (χ3n) is 6.80. The molecule has 4 rings (SSSR count). The van der Waals surface area contributed by atoms with Crippen molar-refractivity contribution in [3.63, 3.8) is 0 Å². The molecule has 182 valence electrons. The van der Waals surface area contributed by atoms with Gasteiger partial charge in [-0.1, -0.05) is 0 Å². The molecule has 2 heterocycles. The molecular formula is C24H32F3N3O3. The topological polar surface area (TPSA) is 66.6 Å². The lowest BCUT2D eigenvalue weighted by atomic mass is 10.0. The number of likely N-dealkylation sites (tertiary alicyclic amines) is 1. The van der Waals surface area contributed by atoms with Gasteiger partial charge in [0, 0.05) is 50.3 Å².